The van der Waals surface area contributed by atoms with Crippen molar-refractivity contribution in [3.63, 3.8) is 0 Å². The number of aromatic nitrogens is 3. The van der Waals surface area contributed by atoms with Crippen LogP contribution in [0.1, 0.15) is 11.8 Å². The van der Waals surface area contributed by atoms with E-state index in [-0.39, 0.29) is 22.4 Å². The average Bonchev–Trinajstić information content (AvgIpc) is 3.02. The van der Waals surface area contributed by atoms with Crippen molar-refractivity contribution in [1.82, 2.24) is 9.55 Å². The number of fused-ring (bicyclic) bond motifs is 1. The summed E-state index contributed by atoms with van der Waals surface area (Å²) >= 11 is 0. The normalized spacial score (nSPS) is 28.1. The molecule has 0 aliphatic carbocycles. The van der Waals surface area contributed by atoms with Gasteiger partial charge < -0.3 is 31.0 Å². The Bertz CT molecular complexity index is 769. The molecule has 0 radical (unpaired) electrons. The number of nitriles is 1. The van der Waals surface area contributed by atoms with Gasteiger partial charge in [0, 0.05) is 6.20 Å². The topological polar surface area (TPSA) is 164 Å². The van der Waals surface area contributed by atoms with Crippen LogP contribution in [0.2, 0.25) is 0 Å². The first-order chi connectivity index (χ1) is 10.5. The third-order valence-corrected chi connectivity index (χ3v) is 3.70. The van der Waals surface area contributed by atoms with Crippen molar-refractivity contribution in [2.45, 2.75) is 24.5 Å². The van der Waals surface area contributed by atoms with Gasteiger partial charge in [0.15, 0.2) is 6.23 Å². The van der Waals surface area contributed by atoms with E-state index >= 15 is 0 Å². The molecule has 0 aromatic carbocycles. The first-order valence-corrected chi connectivity index (χ1v) is 6.40. The molecule has 4 atom stereocenters. The summed E-state index contributed by atoms with van der Waals surface area (Å²) < 4.78 is 7.03. The summed E-state index contributed by atoms with van der Waals surface area (Å²) in [5.41, 5.74) is 5.92. The number of nitrogen functional groups attached to an aromatic ring is 1. The van der Waals surface area contributed by atoms with E-state index in [4.69, 9.17) is 15.6 Å². The molecule has 1 aliphatic heterocycles. The van der Waals surface area contributed by atoms with Crippen molar-refractivity contribution >= 4 is 16.9 Å². The number of aliphatic hydroxyl groups is 3. The van der Waals surface area contributed by atoms with Gasteiger partial charge in [-0.3, -0.25) is 9.30 Å². The van der Waals surface area contributed by atoms with Gasteiger partial charge in [0.05, 0.1) is 12.2 Å². The lowest BCUT2D eigenvalue weighted by Gasteiger charge is -2.16. The maximum atomic E-state index is 11.5. The SMILES string of the molecule is N#Cc1cn([C@@H]2O[C@H](CO)[C@@H](O)[C@H]2O)c2nc[n+]([O-])c(N)c12. The van der Waals surface area contributed by atoms with Gasteiger partial charge in [0.2, 0.25) is 17.8 Å². The largest absolute Gasteiger partial charge is 0.740 e. The lowest BCUT2D eigenvalue weighted by molar-refractivity contribution is -0.591. The summed E-state index contributed by atoms with van der Waals surface area (Å²) in [5.74, 6) is -0.202. The number of hydrogen-bond donors (Lipinski definition) is 4. The van der Waals surface area contributed by atoms with Crippen molar-refractivity contribution < 1.29 is 24.8 Å². The highest BCUT2D eigenvalue weighted by Crippen LogP contribution is 2.33. The number of hydrogen-bond acceptors (Lipinski definition) is 8. The van der Waals surface area contributed by atoms with Gasteiger partial charge in [-0.25, -0.2) is 0 Å². The second-order valence-electron chi connectivity index (χ2n) is 4.94. The number of nitrogens with two attached hydrogens (primary N) is 1. The number of nitrogens with zero attached hydrogens (tertiary/aromatic N) is 4. The maximum absolute atomic E-state index is 11.5. The lowest BCUT2D eigenvalue weighted by Crippen LogP contribution is -2.33. The fraction of sp³-hybridized carbons (Fsp3) is 0.417. The van der Waals surface area contributed by atoms with E-state index in [0.29, 0.717) is 4.73 Å². The molecule has 2 aromatic rings. The van der Waals surface area contributed by atoms with Crippen LogP contribution < -0.4 is 10.5 Å². The van der Waals surface area contributed by atoms with Crippen LogP contribution in [0, 0.1) is 16.5 Å². The van der Waals surface area contributed by atoms with E-state index in [1.54, 1.807) is 0 Å². The molecule has 0 saturated carbocycles. The fourth-order valence-corrected chi connectivity index (χ4v) is 2.57. The molecule has 10 nitrogen and oxygen atoms in total. The molecular formula is C12H13N5O5. The zero-order valence-corrected chi connectivity index (χ0v) is 11.2. The van der Waals surface area contributed by atoms with E-state index in [9.17, 15) is 20.7 Å². The minimum Gasteiger partial charge on any atom is -0.740 e. The van der Waals surface area contributed by atoms with Gasteiger partial charge in [-0.2, -0.15) is 5.26 Å². The van der Waals surface area contributed by atoms with E-state index in [0.717, 1.165) is 6.33 Å². The second kappa shape index (κ2) is 5.08. The molecule has 1 saturated heterocycles. The van der Waals surface area contributed by atoms with Crippen LogP contribution in [0.4, 0.5) is 5.82 Å². The van der Waals surface area contributed by atoms with Crippen LogP contribution in [0.15, 0.2) is 12.5 Å². The predicted octanol–water partition coefficient (Wildman–Crippen LogP) is -2.26. The van der Waals surface area contributed by atoms with Gasteiger partial charge in [-0.15, -0.1) is 0 Å². The van der Waals surface area contributed by atoms with E-state index in [1.165, 1.54) is 10.8 Å². The Morgan fingerprint density at radius 1 is 1.50 bits per heavy atom. The summed E-state index contributed by atoms with van der Waals surface area (Å²) in [5, 5.41) is 49.8. The van der Waals surface area contributed by atoms with E-state index < -0.39 is 31.1 Å². The molecule has 3 rings (SSSR count). The number of rotatable bonds is 2. The quantitative estimate of drug-likeness (QED) is 0.356. The summed E-state index contributed by atoms with van der Waals surface area (Å²) in [6.07, 6.45) is -2.39. The second-order valence-corrected chi connectivity index (χ2v) is 4.94. The van der Waals surface area contributed by atoms with Crippen molar-refractivity contribution in [3.05, 3.63) is 23.3 Å². The Kier molecular flexibility index (Phi) is 3.34. The fourth-order valence-electron chi connectivity index (χ4n) is 2.57. The molecule has 3 heterocycles. The zero-order chi connectivity index (χ0) is 16.0. The molecule has 116 valence electrons. The van der Waals surface area contributed by atoms with Gasteiger partial charge >= 0.3 is 0 Å². The smallest absolute Gasteiger partial charge is 0.233 e. The molecule has 22 heavy (non-hydrogen) atoms. The first-order valence-electron chi connectivity index (χ1n) is 6.40. The van der Waals surface area contributed by atoms with Gasteiger partial charge in [0.25, 0.3) is 0 Å². The molecule has 10 heteroatoms. The van der Waals surface area contributed by atoms with Crippen LogP contribution in [-0.4, -0.2) is 49.8 Å². The van der Waals surface area contributed by atoms with Crippen LogP contribution in [0.3, 0.4) is 0 Å². The molecule has 1 aliphatic rings. The summed E-state index contributed by atoms with van der Waals surface area (Å²) in [7, 11) is 0. The number of anilines is 1. The van der Waals surface area contributed by atoms with Gasteiger partial charge in [0.1, 0.15) is 29.8 Å². The molecule has 1 fully saturated rings. The lowest BCUT2D eigenvalue weighted by atomic mass is 10.1. The van der Waals surface area contributed by atoms with Crippen molar-refractivity contribution in [2.24, 2.45) is 0 Å². The van der Waals surface area contributed by atoms with E-state index in [1.807, 2.05) is 6.07 Å². The highest BCUT2D eigenvalue weighted by Gasteiger charge is 2.44. The summed E-state index contributed by atoms with van der Waals surface area (Å²) in [6.45, 7) is -0.477. The molecule has 0 amide bonds. The minimum absolute atomic E-state index is 0.0861. The van der Waals surface area contributed by atoms with Crippen LogP contribution in [0.25, 0.3) is 11.0 Å². The molecular weight excluding hydrogens is 294 g/mol. The van der Waals surface area contributed by atoms with E-state index in [2.05, 4.69) is 4.98 Å². The highest BCUT2D eigenvalue weighted by atomic mass is 16.6. The van der Waals surface area contributed by atoms with Crippen molar-refractivity contribution in [1.29, 1.82) is 5.26 Å². The minimum atomic E-state index is -1.33. The molecule has 0 unspecified atom stereocenters. The Morgan fingerprint density at radius 2 is 2.23 bits per heavy atom. The van der Waals surface area contributed by atoms with Gasteiger partial charge in [-0.1, -0.05) is 4.98 Å². The Labute approximate surface area is 123 Å². The average molecular weight is 307 g/mol. The zero-order valence-electron chi connectivity index (χ0n) is 11.2. The molecule has 2 aromatic heterocycles. The van der Waals surface area contributed by atoms with Crippen LogP contribution in [-0.2, 0) is 4.74 Å². The van der Waals surface area contributed by atoms with Crippen LogP contribution >= 0.6 is 0 Å². The predicted molar refractivity (Wildman–Crippen MR) is 70.8 cm³/mol. The van der Waals surface area contributed by atoms with Crippen LogP contribution in [0.5, 0.6) is 0 Å². The van der Waals surface area contributed by atoms with Crippen molar-refractivity contribution in [2.75, 3.05) is 12.3 Å². The Balaban J connectivity index is 2.17. The summed E-state index contributed by atoms with van der Waals surface area (Å²) in [4.78, 5) is 3.91. The number of aliphatic hydroxyl groups excluding tert-OH is 3. The highest BCUT2D eigenvalue weighted by molar-refractivity contribution is 5.90. The third-order valence-electron chi connectivity index (χ3n) is 3.70. The monoisotopic (exact) mass is 307 g/mol. The molecule has 5 N–H and O–H groups in total. The van der Waals surface area contributed by atoms with Gasteiger partial charge in [-0.05, 0) is 0 Å². The van der Waals surface area contributed by atoms with Crippen molar-refractivity contribution in [3.8, 4) is 6.07 Å². The number of ether oxygens (including phenoxy) is 1. The molecule has 0 spiro atoms. The maximum Gasteiger partial charge on any atom is 0.233 e. The summed E-state index contributed by atoms with van der Waals surface area (Å²) in [6, 6.07) is 1.89. The third kappa shape index (κ3) is 1.88. The Hall–Kier alpha value is -2.45. The standard InChI is InChI=1S/C12H13N5O5/c13-1-5-2-16(11-7(5)10(14)17(21)4-15-11)12-9(20)8(19)6(3-18)22-12/h2,4,6,8-9,12,18-20H,3,14H2/t6-,8-,9-,12-/m1/s1. The Morgan fingerprint density at radius 3 is 2.82 bits per heavy atom. The molecule has 0 bridgehead atoms. The first kappa shape index (κ1) is 14.5.